The summed E-state index contributed by atoms with van der Waals surface area (Å²) in [5, 5.41) is 12.2. The number of aromatic nitrogens is 10. The maximum Gasteiger partial charge on any atom is 0.264 e. The van der Waals surface area contributed by atoms with Gasteiger partial charge >= 0.3 is 0 Å². The number of rotatable bonds is 8. The highest BCUT2D eigenvalue weighted by Crippen LogP contribution is 2.34. The minimum atomic E-state index is -0.180. The van der Waals surface area contributed by atoms with Crippen molar-refractivity contribution in [2.45, 2.75) is 26.9 Å². The van der Waals surface area contributed by atoms with Crippen molar-refractivity contribution < 1.29 is 9.47 Å². The van der Waals surface area contributed by atoms with Crippen molar-refractivity contribution in [3.8, 4) is 22.9 Å². The zero-order valence-corrected chi connectivity index (χ0v) is 37.5. The Balaban J connectivity index is 0.000000149. The van der Waals surface area contributed by atoms with E-state index >= 15 is 0 Å². The lowest BCUT2D eigenvalue weighted by Gasteiger charge is -2.12. The number of nitrogens with two attached hydrogens (primary N) is 2. The molecule has 0 aliphatic rings. The molecule has 0 unspecified atom stereocenters. The van der Waals surface area contributed by atoms with E-state index in [1.54, 1.807) is 45.4 Å². The smallest absolute Gasteiger partial charge is 0.264 e. The van der Waals surface area contributed by atoms with Crippen LogP contribution in [0.3, 0.4) is 0 Å². The van der Waals surface area contributed by atoms with E-state index in [4.69, 9.17) is 31.1 Å². The second-order valence-corrected chi connectivity index (χ2v) is 16.6. The van der Waals surface area contributed by atoms with Gasteiger partial charge in [-0.2, -0.15) is 10.2 Å². The second-order valence-electron chi connectivity index (χ2n) is 16.6. The van der Waals surface area contributed by atoms with Crippen LogP contribution in [0.5, 0.6) is 11.5 Å². The van der Waals surface area contributed by atoms with E-state index in [1.807, 2.05) is 135 Å². The monoisotopic (exact) mass is 900 g/mol. The number of methoxy groups -OCH3 is 2. The van der Waals surface area contributed by atoms with Crippen LogP contribution in [0.1, 0.15) is 22.3 Å². The van der Waals surface area contributed by atoms with Crippen molar-refractivity contribution in [1.82, 2.24) is 48.6 Å². The van der Waals surface area contributed by atoms with E-state index in [1.165, 1.54) is 0 Å². The Kier molecular flexibility index (Phi) is 9.99. The Hall–Kier alpha value is -9.18. The van der Waals surface area contributed by atoms with Crippen LogP contribution >= 0.6 is 0 Å². The minimum absolute atomic E-state index is 0.180. The predicted octanol–water partition coefficient (Wildman–Crippen LogP) is 8.33. The zero-order chi connectivity index (χ0) is 46.8. The second kappa shape index (κ2) is 16.4. The number of imidazole rings is 2. The highest BCUT2D eigenvalue weighted by atomic mass is 16.5. The summed E-state index contributed by atoms with van der Waals surface area (Å²) in [6, 6.07) is 38.9. The zero-order valence-electron chi connectivity index (χ0n) is 37.5. The van der Waals surface area contributed by atoms with Crippen LogP contribution in [-0.2, 0) is 13.1 Å². The summed E-state index contributed by atoms with van der Waals surface area (Å²) in [6.07, 6.45) is 3.29. The van der Waals surface area contributed by atoms with Crippen LogP contribution in [0, 0.1) is 13.8 Å². The summed E-state index contributed by atoms with van der Waals surface area (Å²) in [4.78, 5) is 42.8. The summed E-state index contributed by atoms with van der Waals surface area (Å²) in [7, 11) is 3.26. The fraction of sp³-hybridized carbons (Fsp3) is 0.115. The average Bonchev–Trinajstić information content (AvgIpc) is 4.19. The van der Waals surface area contributed by atoms with E-state index in [-0.39, 0.29) is 11.1 Å². The summed E-state index contributed by atoms with van der Waals surface area (Å²) in [5.74, 6) is 2.13. The third kappa shape index (κ3) is 6.68. The number of nitrogens with one attached hydrogen (secondary N) is 2. The van der Waals surface area contributed by atoms with E-state index in [2.05, 4.69) is 19.9 Å². The molecule has 6 heterocycles. The van der Waals surface area contributed by atoms with Crippen molar-refractivity contribution in [2.75, 3.05) is 25.7 Å². The third-order valence-electron chi connectivity index (χ3n) is 12.6. The molecule has 0 atom stereocenters. The first-order valence-electron chi connectivity index (χ1n) is 21.8. The quantitative estimate of drug-likeness (QED) is 0.115. The maximum absolute atomic E-state index is 13.8. The Morgan fingerprint density at radius 1 is 0.515 bits per heavy atom. The van der Waals surface area contributed by atoms with E-state index in [0.29, 0.717) is 46.5 Å². The summed E-state index contributed by atoms with van der Waals surface area (Å²) < 4.78 is 17.3. The summed E-state index contributed by atoms with van der Waals surface area (Å²) in [5.41, 5.74) is 24.3. The number of ether oxygens (including phenoxy) is 2. The largest absolute Gasteiger partial charge is 0.497 e. The van der Waals surface area contributed by atoms with Crippen LogP contribution < -0.4 is 32.1 Å². The lowest BCUT2D eigenvalue weighted by molar-refractivity contribution is 0.414. The van der Waals surface area contributed by atoms with Crippen molar-refractivity contribution in [3.63, 3.8) is 0 Å². The van der Waals surface area contributed by atoms with Gasteiger partial charge in [-0.05, 0) is 84.6 Å². The molecule has 0 saturated carbocycles. The van der Waals surface area contributed by atoms with E-state index in [0.717, 1.165) is 89.0 Å². The lowest BCUT2D eigenvalue weighted by atomic mass is 10.1. The van der Waals surface area contributed by atoms with Crippen LogP contribution in [0.2, 0.25) is 0 Å². The fourth-order valence-corrected chi connectivity index (χ4v) is 9.17. The molecule has 0 radical (unpaired) electrons. The van der Waals surface area contributed by atoms with Gasteiger partial charge < -0.3 is 40.0 Å². The molecule has 6 N–H and O–H groups in total. The number of hydrogen-bond acceptors (Lipinski definition) is 10. The van der Waals surface area contributed by atoms with Crippen LogP contribution in [0.15, 0.2) is 144 Å². The molecule has 6 aromatic carbocycles. The number of fused-ring (bicyclic) bond motifs is 8. The SMILES string of the molecule is COc1ccc(Cn2c(=O)c3c(N)n(-c4c(C)ccc5[nH]cnc45)nc3c3ccccc32)cc1.COc1ccc(Cn2c(=O)c3c(N)n(-c4c(C)ccc5[nH]cnc45)nc3c3ccccc32)cc1. The molecule has 16 nitrogen and oxygen atoms in total. The van der Waals surface area contributed by atoms with Crippen molar-refractivity contribution in [3.05, 3.63) is 177 Å². The number of aryl methyl sites for hydroxylation is 2. The fourth-order valence-electron chi connectivity index (χ4n) is 9.17. The van der Waals surface area contributed by atoms with Gasteiger partial charge in [-0.15, -0.1) is 0 Å². The maximum atomic E-state index is 13.8. The van der Waals surface area contributed by atoms with Crippen molar-refractivity contribution in [1.29, 1.82) is 0 Å². The molecule has 68 heavy (non-hydrogen) atoms. The minimum Gasteiger partial charge on any atom is -0.497 e. The van der Waals surface area contributed by atoms with E-state index in [9.17, 15) is 9.59 Å². The molecule has 0 saturated heterocycles. The number of pyridine rings is 2. The standard InChI is InChI=1S/2C26H22N6O2/c2*1-15-7-12-19-23(29-14-28-19)24(15)32-25(27)21-22(30-32)18-5-3-4-6-20(18)31(26(21)33)13-16-8-10-17(34-2)11-9-16/h2*3-12,14H,13,27H2,1-2H3,(H,28,29). The first-order valence-corrected chi connectivity index (χ1v) is 21.8. The van der Waals surface area contributed by atoms with Gasteiger partial charge in [-0.25, -0.2) is 19.3 Å². The molecule has 0 aliphatic carbocycles. The Morgan fingerprint density at radius 2 is 0.912 bits per heavy atom. The molecule has 336 valence electrons. The molecule has 0 spiro atoms. The van der Waals surface area contributed by atoms with Gasteiger partial charge in [-0.1, -0.05) is 72.8 Å². The highest BCUT2D eigenvalue weighted by molar-refractivity contribution is 6.09. The number of aromatic amines is 2. The van der Waals surface area contributed by atoms with Crippen molar-refractivity contribution in [2.24, 2.45) is 0 Å². The molecule has 12 aromatic rings. The molecule has 0 bridgehead atoms. The van der Waals surface area contributed by atoms with Gasteiger partial charge in [0, 0.05) is 10.8 Å². The first kappa shape index (κ1) is 41.5. The Bertz CT molecular complexity index is 3780. The molecule has 0 fully saturated rings. The number of para-hydroxylation sites is 2. The molecular formula is C52H44N12O4. The van der Waals surface area contributed by atoms with Gasteiger partial charge in [0.15, 0.2) is 0 Å². The summed E-state index contributed by atoms with van der Waals surface area (Å²) >= 11 is 0. The average molecular weight is 901 g/mol. The van der Waals surface area contributed by atoms with E-state index < -0.39 is 0 Å². The molecular weight excluding hydrogens is 857 g/mol. The summed E-state index contributed by atoms with van der Waals surface area (Å²) in [6.45, 7) is 4.76. The first-order chi connectivity index (χ1) is 33.1. The Morgan fingerprint density at radius 3 is 1.31 bits per heavy atom. The predicted molar refractivity (Wildman–Crippen MR) is 267 cm³/mol. The number of H-pyrrole nitrogens is 2. The van der Waals surface area contributed by atoms with Gasteiger partial charge in [0.1, 0.15) is 56.0 Å². The normalized spacial score (nSPS) is 11.6. The van der Waals surface area contributed by atoms with Gasteiger partial charge in [-0.3, -0.25) is 9.59 Å². The number of hydrogen-bond donors (Lipinski definition) is 4. The molecule has 16 heteroatoms. The molecule has 0 aliphatic heterocycles. The number of benzene rings is 6. The number of nitrogens with zero attached hydrogens (tertiary/aromatic N) is 8. The van der Waals surface area contributed by atoms with Gasteiger partial charge in [0.2, 0.25) is 0 Å². The molecule has 12 rings (SSSR count). The number of nitrogen functional groups attached to an aromatic ring is 2. The number of anilines is 2. The van der Waals surface area contributed by atoms with Gasteiger partial charge in [0.05, 0.1) is 73.4 Å². The van der Waals surface area contributed by atoms with Crippen LogP contribution in [-0.4, -0.2) is 62.9 Å². The topological polar surface area (TPSA) is 208 Å². The van der Waals surface area contributed by atoms with Crippen molar-refractivity contribution >= 4 is 77.3 Å². The van der Waals surface area contributed by atoms with Gasteiger partial charge in [0.25, 0.3) is 11.1 Å². The lowest BCUT2D eigenvalue weighted by Crippen LogP contribution is -2.22. The highest BCUT2D eigenvalue weighted by Gasteiger charge is 2.24. The van der Waals surface area contributed by atoms with Crippen LogP contribution in [0.25, 0.3) is 77.1 Å². The molecule has 6 aromatic heterocycles. The third-order valence-corrected chi connectivity index (χ3v) is 12.6. The Labute approximate surface area is 386 Å². The van der Waals surface area contributed by atoms with Crippen LogP contribution in [0.4, 0.5) is 11.6 Å². The molecule has 0 amide bonds.